The zero-order valence-corrected chi connectivity index (χ0v) is 12.9. The normalized spacial score (nSPS) is 34.5. The van der Waals surface area contributed by atoms with Crippen molar-refractivity contribution in [1.29, 1.82) is 0 Å². The number of aliphatic hydroxyl groups excluding tert-OH is 1. The second-order valence-corrected chi connectivity index (χ2v) is 6.86. The summed E-state index contributed by atoms with van der Waals surface area (Å²) in [5.74, 6) is 0. The average molecular weight is 325 g/mol. The fraction of sp³-hybridized carbons (Fsp3) is 0.600. The summed E-state index contributed by atoms with van der Waals surface area (Å²) in [4.78, 5) is 2.50. The van der Waals surface area contributed by atoms with Crippen LogP contribution in [0.4, 0.5) is 5.69 Å². The smallest absolute Gasteiger partial charge is 0.0662 e. The highest BCUT2D eigenvalue weighted by atomic mass is 79.9. The monoisotopic (exact) mass is 324 g/mol. The van der Waals surface area contributed by atoms with Crippen LogP contribution in [0.15, 0.2) is 28.7 Å². The molecule has 2 fully saturated rings. The molecular formula is C15H21BrN2O. The van der Waals surface area contributed by atoms with E-state index in [-0.39, 0.29) is 12.1 Å². The average Bonchev–Trinajstić information content (AvgIpc) is 2.65. The summed E-state index contributed by atoms with van der Waals surface area (Å²) in [6, 6.07) is 9.38. The van der Waals surface area contributed by atoms with Crippen LogP contribution in [0, 0.1) is 0 Å². The van der Waals surface area contributed by atoms with Gasteiger partial charge in [-0.3, -0.25) is 0 Å². The highest BCUT2D eigenvalue weighted by Gasteiger charge is 2.46. The molecule has 2 bridgehead atoms. The molecule has 0 aliphatic carbocycles. The minimum Gasteiger partial charge on any atom is -0.394 e. The fourth-order valence-electron chi connectivity index (χ4n) is 3.69. The molecule has 0 saturated carbocycles. The quantitative estimate of drug-likeness (QED) is 0.897. The Morgan fingerprint density at radius 1 is 1.32 bits per heavy atom. The number of piperidine rings is 1. The van der Waals surface area contributed by atoms with Gasteiger partial charge in [-0.25, -0.2) is 0 Å². The van der Waals surface area contributed by atoms with Gasteiger partial charge in [-0.15, -0.1) is 0 Å². The molecule has 0 radical (unpaired) electrons. The van der Waals surface area contributed by atoms with Gasteiger partial charge in [0.1, 0.15) is 0 Å². The van der Waals surface area contributed by atoms with Gasteiger partial charge in [0.05, 0.1) is 12.1 Å². The van der Waals surface area contributed by atoms with Gasteiger partial charge in [0.25, 0.3) is 0 Å². The Kier molecular flexibility index (Phi) is 3.58. The summed E-state index contributed by atoms with van der Waals surface area (Å²) in [5, 5.41) is 13.6. The number of para-hydroxylation sites is 1. The van der Waals surface area contributed by atoms with Crippen molar-refractivity contribution in [3.05, 3.63) is 28.7 Å². The summed E-state index contributed by atoms with van der Waals surface area (Å²) in [7, 11) is 2.22. The number of aliphatic hydroxyl groups is 1. The third-order valence-corrected chi connectivity index (χ3v) is 5.51. The van der Waals surface area contributed by atoms with E-state index in [0.29, 0.717) is 12.1 Å². The van der Waals surface area contributed by atoms with Gasteiger partial charge in [-0.2, -0.15) is 0 Å². The molecule has 1 aromatic carbocycles. The van der Waals surface area contributed by atoms with Crippen LogP contribution in [-0.2, 0) is 0 Å². The van der Waals surface area contributed by atoms with E-state index in [9.17, 15) is 5.11 Å². The van der Waals surface area contributed by atoms with Gasteiger partial charge in [-0.05, 0) is 60.8 Å². The number of fused-ring (bicyclic) bond motifs is 2. The lowest BCUT2D eigenvalue weighted by Gasteiger charge is -2.45. The van der Waals surface area contributed by atoms with E-state index in [1.165, 1.54) is 12.8 Å². The predicted molar refractivity (Wildman–Crippen MR) is 81.4 cm³/mol. The number of nitrogens with one attached hydrogen (secondary N) is 1. The molecule has 2 N–H and O–H groups in total. The van der Waals surface area contributed by atoms with Crippen molar-refractivity contribution in [2.24, 2.45) is 0 Å². The van der Waals surface area contributed by atoms with Crippen molar-refractivity contribution in [3.8, 4) is 0 Å². The molecule has 3 nitrogen and oxygen atoms in total. The minimum absolute atomic E-state index is 0.164. The molecule has 104 valence electrons. The Morgan fingerprint density at radius 2 is 1.95 bits per heavy atom. The van der Waals surface area contributed by atoms with Crippen LogP contribution in [0.25, 0.3) is 0 Å². The standard InChI is InChI=1S/C15H21BrN2O/c1-18-11-6-7-12(18)9-15(8-11,10-19)17-14-5-3-2-4-13(14)16/h2-5,11-12,17,19H,6-10H2,1H3. The van der Waals surface area contributed by atoms with Crippen LogP contribution in [-0.4, -0.2) is 41.3 Å². The van der Waals surface area contributed by atoms with Gasteiger partial charge < -0.3 is 15.3 Å². The number of rotatable bonds is 3. The molecule has 1 aromatic rings. The van der Waals surface area contributed by atoms with Crippen molar-refractivity contribution in [2.75, 3.05) is 19.0 Å². The van der Waals surface area contributed by atoms with Crippen molar-refractivity contribution >= 4 is 21.6 Å². The lowest BCUT2D eigenvalue weighted by Crippen LogP contribution is -2.55. The van der Waals surface area contributed by atoms with Crippen molar-refractivity contribution in [3.63, 3.8) is 0 Å². The summed E-state index contributed by atoms with van der Waals surface area (Å²) in [6.07, 6.45) is 4.58. The van der Waals surface area contributed by atoms with Crippen LogP contribution < -0.4 is 5.32 Å². The molecule has 2 aliphatic rings. The number of anilines is 1. The first-order valence-electron chi connectivity index (χ1n) is 6.99. The molecule has 3 rings (SSSR count). The maximum absolute atomic E-state index is 9.95. The summed E-state index contributed by atoms with van der Waals surface area (Å²) in [6.45, 7) is 0.204. The zero-order valence-electron chi connectivity index (χ0n) is 11.3. The van der Waals surface area contributed by atoms with E-state index in [4.69, 9.17) is 0 Å². The first-order valence-corrected chi connectivity index (χ1v) is 7.78. The number of hydrogen-bond acceptors (Lipinski definition) is 3. The minimum atomic E-state index is -0.164. The largest absolute Gasteiger partial charge is 0.394 e. The second-order valence-electron chi connectivity index (χ2n) is 6.00. The zero-order chi connectivity index (χ0) is 13.5. The van der Waals surface area contributed by atoms with Gasteiger partial charge in [0, 0.05) is 22.2 Å². The molecule has 0 spiro atoms. The first-order chi connectivity index (χ1) is 9.13. The molecule has 2 aliphatic heterocycles. The molecule has 4 heteroatoms. The molecule has 2 heterocycles. The van der Waals surface area contributed by atoms with Crippen molar-refractivity contribution in [1.82, 2.24) is 4.90 Å². The topological polar surface area (TPSA) is 35.5 Å². The van der Waals surface area contributed by atoms with E-state index in [1.54, 1.807) is 0 Å². The van der Waals surface area contributed by atoms with E-state index >= 15 is 0 Å². The highest BCUT2D eigenvalue weighted by molar-refractivity contribution is 9.10. The highest BCUT2D eigenvalue weighted by Crippen LogP contribution is 2.41. The maximum atomic E-state index is 9.95. The predicted octanol–water partition coefficient (Wildman–Crippen LogP) is 2.85. The van der Waals surface area contributed by atoms with Crippen molar-refractivity contribution < 1.29 is 5.11 Å². The molecule has 2 atom stereocenters. The number of nitrogens with zero attached hydrogens (tertiary/aromatic N) is 1. The van der Waals surface area contributed by atoms with Crippen LogP contribution in [0.3, 0.4) is 0 Å². The lowest BCUT2D eigenvalue weighted by atomic mass is 9.83. The van der Waals surface area contributed by atoms with Gasteiger partial charge in [0.2, 0.25) is 0 Å². The summed E-state index contributed by atoms with van der Waals surface area (Å²) >= 11 is 3.58. The maximum Gasteiger partial charge on any atom is 0.0662 e. The number of halogens is 1. The number of hydrogen-bond donors (Lipinski definition) is 2. The lowest BCUT2D eigenvalue weighted by molar-refractivity contribution is 0.0833. The van der Waals surface area contributed by atoms with Crippen LogP contribution in [0.1, 0.15) is 25.7 Å². The Labute approximate surface area is 123 Å². The van der Waals surface area contributed by atoms with Gasteiger partial charge >= 0.3 is 0 Å². The Bertz CT molecular complexity index is 451. The first kappa shape index (κ1) is 13.4. The number of benzene rings is 1. The van der Waals surface area contributed by atoms with E-state index in [2.05, 4.69) is 39.3 Å². The van der Waals surface area contributed by atoms with Gasteiger partial charge in [0.15, 0.2) is 0 Å². The Morgan fingerprint density at radius 3 is 2.53 bits per heavy atom. The van der Waals surface area contributed by atoms with Crippen LogP contribution >= 0.6 is 15.9 Å². The molecule has 0 amide bonds. The fourth-order valence-corrected chi connectivity index (χ4v) is 4.07. The van der Waals surface area contributed by atoms with E-state index < -0.39 is 0 Å². The van der Waals surface area contributed by atoms with Gasteiger partial charge in [-0.1, -0.05) is 12.1 Å². The second kappa shape index (κ2) is 5.08. The van der Waals surface area contributed by atoms with Crippen molar-refractivity contribution in [2.45, 2.75) is 43.3 Å². The third kappa shape index (κ3) is 2.41. The molecule has 19 heavy (non-hydrogen) atoms. The molecule has 0 aromatic heterocycles. The van der Waals surface area contributed by atoms with E-state index in [1.807, 2.05) is 18.2 Å². The Balaban J connectivity index is 1.83. The molecule has 2 unspecified atom stereocenters. The third-order valence-electron chi connectivity index (χ3n) is 4.81. The summed E-state index contributed by atoms with van der Waals surface area (Å²) in [5.41, 5.74) is 0.919. The van der Waals surface area contributed by atoms with Crippen LogP contribution in [0.5, 0.6) is 0 Å². The van der Waals surface area contributed by atoms with Crippen LogP contribution in [0.2, 0.25) is 0 Å². The summed E-state index contributed by atoms with van der Waals surface area (Å²) < 4.78 is 1.06. The SMILES string of the molecule is CN1C2CCC1CC(CO)(Nc1ccccc1Br)C2. The molecule has 2 saturated heterocycles. The Hall–Kier alpha value is -0.580. The molecular weight excluding hydrogens is 304 g/mol. The van der Waals surface area contributed by atoms with E-state index in [0.717, 1.165) is 23.0 Å².